The molecule has 2 aromatic carbocycles. The molecule has 2 amide bonds. The lowest BCUT2D eigenvalue weighted by Gasteiger charge is -2.24. The summed E-state index contributed by atoms with van der Waals surface area (Å²) in [4.78, 5) is 29.6. The molecule has 1 aliphatic rings. The summed E-state index contributed by atoms with van der Waals surface area (Å²) in [6, 6.07) is 13.7. The summed E-state index contributed by atoms with van der Waals surface area (Å²) in [5, 5.41) is 6.48. The van der Waals surface area contributed by atoms with E-state index in [9.17, 15) is 9.59 Å². The van der Waals surface area contributed by atoms with Crippen LogP contribution in [-0.2, 0) is 16.1 Å². The molecule has 0 fully saturated rings. The van der Waals surface area contributed by atoms with Gasteiger partial charge in [-0.3, -0.25) is 9.59 Å². The number of nitrogens with one attached hydrogen (secondary N) is 2. The van der Waals surface area contributed by atoms with E-state index in [1.165, 1.54) is 0 Å². The number of amides is 2. The van der Waals surface area contributed by atoms with Gasteiger partial charge in [-0.25, -0.2) is 4.98 Å². The summed E-state index contributed by atoms with van der Waals surface area (Å²) in [6.07, 6.45) is 16.2. The third-order valence-corrected chi connectivity index (χ3v) is 6.89. The molecule has 2 N–H and O–H groups in total. The molecule has 0 spiro atoms. The van der Waals surface area contributed by atoms with Crippen LogP contribution in [0.3, 0.4) is 0 Å². The number of likely N-dealkylation sites (N-methyl/N-ethyl adjacent to an activating group) is 1. The average Bonchev–Trinajstić information content (AvgIpc) is 3.37. The normalized spacial score (nSPS) is 14.3. The lowest BCUT2D eigenvalue weighted by molar-refractivity contribution is -0.118. The van der Waals surface area contributed by atoms with Gasteiger partial charge in [-0.15, -0.1) is 0 Å². The first kappa shape index (κ1) is 33.3. The largest absolute Gasteiger partial charge is 0.358 e. The molecular weight excluding hydrogens is 578 g/mol. The topological polar surface area (TPSA) is 79.3 Å². The predicted molar refractivity (Wildman–Crippen MR) is 176 cm³/mol. The van der Waals surface area contributed by atoms with Crippen molar-refractivity contribution in [1.82, 2.24) is 9.55 Å². The molecule has 0 saturated heterocycles. The third-order valence-electron chi connectivity index (χ3n) is 6.39. The van der Waals surface area contributed by atoms with E-state index in [2.05, 4.69) is 62.8 Å². The highest BCUT2D eigenvalue weighted by Crippen LogP contribution is 2.34. The molecule has 1 aromatic heterocycles. The van der Waals surface area contributed by atoms with Crippen molar-refractivity contribution in [3.63, 3.8) is 0 Å². The fourth-order valence-corrected chi connectivity index (χ4v) is 4.69. The molecule has 0 radical (unpaired) electrons. The quantitative estimate of drug-likeness (QED) is 0.236. The highest BCUT2D eigenvalue weighted by Gasteiger charge is 2.19. The summed E-state index contributed by atoms with van der Waals surface area (Å²) in [5.74, 6) is 0.138. The number of rotatable bonds is 9. The smallest absolute Gasteiger partial charge is 0.246 e. The molecule has 218 valence electrons. The highest BCUT2D eigenvalue weighted by molar-refractivity contribution is 9.10. The summed E-state index contributed by atoms with van der Waals surface area (Å²) in [5.41, 5.74) is 5.52. The van der Waals surface area contributed by atoms with E-state index in [1.54, 1.807) is 35.2 Å². The Balaban J connectivity index is 0.00000141. The second kappa shape index (κ2) is 17.7. The van der Waals surface area contributed by atoms with Gasteiger partial charge in [-0.05, 0) is 61.7 Å². The molecule has 3 aromatic rings. The van der Waals surface area contributed by atoms with Gasteiger partial charge in [0.2, 0.25) is 12.3 Å². The highest BCUT2D eigenvalue weighted by atomic mass is 79.9. The Hall–Kier alpha value is -3.91. The van der Waals surface area contributed by atoms with Crippen LogP contribution in [0.4, 0.5) is 17.1 Å². The molecule has 4 rings (SSSR count). The fourth-order valence-electron chi connectivity index (χ4n) is 4.33. The van der Waals surface area contributed by atoms with Gasteiger partial charge in [0.1, 0.15) is 6.54 Å². The molecule has 8 heteroatoms. The van der Waals surface area contributed by atoms with Gasteiger partial charge in [0.15, 0.2) is 0 Å². The first-order valence-corrected chi connectivity index (χ1v) is 14.9. The maximum absolute atomic E-state index is 12.7. The minimum Gasteiger partial charge on any atom is -0.358 e. The molecule has 1 unspecified atom stereocenters. The Morgan fingerprint density at radius 1 is 1.12 bits per heavy atom. The van der Waals surface area contributed by atoms with Crippen molar-refractivity contribution in [2.45, 2.75) is 54.0 Å². The van der Waals surface area contributed by atoms with Crippen molar-refractivity contribution in [1.29, 1.82) is 0 Å². The number of hydrogen-bond acceptors (Lipinski definition) is 4. The number of carbonyl (C=O) groups excluding carboxylic acids is 2. The monoisotopic (exact) mass is 619 g/mol. The van der Waals surface area contributed by atoms with E-state index in [0.29, 0.717) is 6.41 Å². The summed E-state index contributed by atoms with van der Waals surface area (Å²) in [6.45, 7) is 10.3. The number of carbonyl (C=O) groups is 2. The number of anilines is 3. The molecule has 7 nitrogen and oxygen atoms in total. The molecule has 41 heavy (non-hydrogen) atoms. The molecule has 0 bridgehead atoms. The Labute approximate surface area is 253 Å². The van der Waals surface area contributed by atoms with Crippen LogP contribution in [0.2, 0.25) is 0 Å². The first-order chi connectivity index (χ1) is 20.0. The van der Waals surface area contributed by atoms with E-state index in [-0.39, 0.29) is 18.4 Å². The van der Waals surface area contributed by atoms with Crippen molar-refractivity contribution >= 4 is 50.9 Å². The van der Waals surface area contributed by atoms with Gasteiger partial charge in [-0.2, -0.15) is 0 Å². The van der Waals surface area contributed by atoms with Crippen molar-refractivity contribution in [3.8, 4) is 0 Å². The van der Waals surface area contributed by atoms with Crippen molar-refractivity contribution in [2.75, 3.05) is 22.6 Å². The maximum Gasteiger partial charge on any atom is 0.246 e. The second-order valence-corrected chi connectivity index (χ2v) is 9.76. The molecule has 0 saturated carbocycles. The molecule has 1 aliphatic carbocycles. The number of aromatic nitrogens is 2. The standard InChI is InChI=1S/C29H30BrN5O2.2C2H6/c1-21(26-14-9-23(30)17-27(26)32-20-36)29(22-7-5-3-4-6-8-22)33-24-10-12-25(13-11-24)34(2)28(37)18-35-16-15-31-19-35;2*1-2/h3-5,7,9-17,19-20,22,33H,6,8,18H2,1-2H3,(H,32,36);2*1-2H3/b29-21+;;. The zero-order valence-electron chi connectivity index (χ0n) is 24.9. The molecular formula is C33H42BrN5O2. The average molecular weight is 621 g/mol. The van der Waals surface area contributed by atoms with Gasteiger partial charge >= 0.3 is 0 Å². The van der Waals surface area contributed by atoms with Crippen molar-refractivity contribution in [3.05, 3.63) is 101 Å². The minimum atomic E-state index is -0.0309. The second-order valence-electron chi connectivity index (χ2n) is 8.85. The number of nitrogens with zero attached hydrogens (tertiary/aromatic N) is 3. The van der Waals surface area contributed by atoms with E-state index in [4.69, 9.17) is 0 Å². The van der Waals surface area contributed by atoms with E-state index >= 15 is 0 Å². The van der Waals surface area contributed by atoms with Crippen LogP contribution < -0.4 is 15.5 Å². The van der Waals surface area contributed by atoms with Crippen molar-refractivity contribution < 1.29 is 9.59 Å². The summed E-state index contributed by atoms with van der Waals surface area (Å²) >= 11 is 3.50. The Morgan fingerprint density at radius 3 is 2.51 bits per heavy atom. The van der Waals surface area contributed by atoms with Crippen LogP contribution in [0.1, 0.15) is 53.0 Å². The number of benzene rings is 2. The Kier molecular flexibility index (Phi) is 14.4. The van der Waals surface area contributed by atoms with Crippen molar-refractivity contribution in [2.24, 2.45) is 5.92 Å². The lowest BCUT2D eigenvalue weighted by Crippen LogP contribution is -2.29. The predicted octanol–water partition coefficient (Wildman–Crippen LogP) is 8.29. The van der Waals surface area contributed by atoms with Crippen LogP contribution in [0.15, 0.2) is 95.7 Å². The number of hydrogen-bond donors (Lipinski definition) is 2. The van der Waals surface area contributed by atoms with Crippen LogP contribution >= 0.6 is 15.9 Å². The number of allylic oxidation sites excluding steroid dienone is 5. The Bertz CT molecular complexity index is 1330. The van der Waals surface area contributed by atoms with E-state index in [0.717, 1.165) is 51.2 Å². The molecule has 1 atom stereocenters. The van der Waals surface area contributed by atoms with Crippen LogP contribution in [0.5, 0.6) is 0 Å². The molecule has 1 heterocycles. The number of imidazole rings is 1. The summed E-state index contributed by atoms with van der Waals surface area (Å²) in [7, 11) is 1.77. The summed E-state index contributed by atoms with van der Waals surface area (Å²) < 4.78 is 2.64. The van der Waals surface area contributed by atoms with Gasteiger partial charge < -0.3 is 20.1 Å². The van der Waals surface area contributed by atoms with E-state index < -0.39 is 0 Å². The first-order valence-electron chi connectivity index (χ1n) is 14.1. The van der Waals surface area contributed by atoms with Gasteiger partial charge in [0.05, 0.1) is 6.33 Å². The number of halogens is 1. The van der Waals surface area contributed by atoms with Crippen LogP contribution in [0.25, 0.3) is 5.57 Å². The van der Waals surface area contributed by atoms with Crippen LogP contribution in [0, 0.1) is 5.92 Å². The van der Waals surface area contributed by atoms with Gasteiger partial charge in [0.25, 0.3) is 0 Å². The Morgan fingerprint density at radius 2 is 1.85 bits per heavy atom. The SMILES string of the molecule is C/C(=C(\Nc1ccc(N(C)C(=O)Cn2ccnc2)cc1)C1C=CC=CCC1)c1ccc(Br)cc1NC=O.CC.CC. The molecule has 0 aliphatic heterocycles. The van der Waals surface area contributed by atoms with Gasteiger partial charge in [0, 0.05) is 58.2 Å². The maximum atomic E-state index is 12.7. The fraction of sp³-hybridized carbons (Fsp3) is 0.303. The zero-order valence-corrected chi connectivity index (χ0v) is 26.5. The van der Waals surface area contributed by atoms with E-state index in [1.807, 2.05) is 70.2 Å². The minimum absolute atomic E-state index is 0.0309. The van der Waals surface area contributed by atoms with Crippen LogP contribution in [-0.4, -0.2) is 28.9 Å². The zero-order chi connectivity index (χ0) is 30.2. The van der Waals surface area contributed by atoms with Gasteiger partial charge in [-0.1, -0.05) is 74.0 Å². The third kappa shape index (κ3) is 9.60. The lowest BCUT2D eigenvalue weighted by atomic mass is 9.92.